The Labute approximate surface area is 251 Å². The van der Waals surface area contributed by atoms with Crippen molar-refractivity contribution in [1.82, 2.24) is 9.36 Å². The molecule has 0 radical (unpaired) electrons. The molecule has 0 bridgehead atoms. The van der Waals surface area contributed by atoms with E-state index in [0.29, 0.717) is 0 Å². The molecule has 2 heterocycles. The number of hydrogen-bond acceptors (Lipinski definition) is 0. The highest BCUT2D eigenvalue weighted by atomic mass is 127. The highest BCUT2D eigenvalue weighted by molar-refractivity contribution is 14.1. The maximum absolute atomic E-state index is 2.47. The average Bonchev–Trinajstić information content (AvgIpc) is 3.00. The van der Waals surface area contributed by atoms with E-state index in [4.69, 9.17) is 0 Å². The molecule has 0 saturated heterocycles. The van der Waals surface area contributed by atoms with Gasteiger partial charge in [0.25, 0.3) is 0 Å². The fourth-order valence-corrected chi connectivity index (χ4v) is 5.50. The summed E-state index contributed by atoms with van der Waals surface area (Å²) in [5.74, 6) is 0. The van der Waals surface area contributed by atoms with Gasteiger partial charge >= 0.3 is 0 Å². The molecule has 8 heteroatoms. The van der Waals surface area contributed by atoms with Crippen LogP contribution in [0, 0.1) is 34.8 Å². The van der Waals surface area contributed by atoms with Crippen LogP contribution in [0.5, 0.6) is 0 Å². The Hall–Kier alpha value is 1.34. The molecule has 0 N–H and O–H groups in total. The molecule has 0 atom stereocenters. The van der Waals surface area contributed by atoms with Gasteiger partial charge in [0.05, 0.1) is 24.5 Å². The third-order valence-corrected chi connectivity index (χ3v) is 9.60. The molecular weight excluding hydrogens is 840 g/mol. The SMILES string of the molecule is Cc1c(I)c(C)[n+](C)n1CCCCCCCCCCCn1c(C)c(I)c(C)[n+]1C.[I-].[I-]. The van der Waals surface area contributed by atoms with E-state index >= 15 is 0 Å². The van der Waals surface area contributed by atoms with Gasteiger partial charge < -0.3 is 48.0 Å². The van der Waals surface area contributed by atoms with Crippen molar-refractivity contribution < 1.29 is 57.3 Å². The standard InChI is InChI=1S/C23H40I2N4.2HI/c1-18-22(24)20(3)28(26(18)5)16-14-12-10-8-7-9-11-13-15-17-29-21(4)23(25)19(2)27(29)6;;/h7-17H2,1-6H3;2*1H/q+2;;/p-2. The van der Waals surface area contributed by atoms with Crippen LogP contribution in [-0.4, -0.2) is 9.36 Å². The number of nitrogens with zero attached hydrogens (tertiary/aromatic N) is 4. The zero-order valence-corrected chi connectivity index (χ0v) is 28.7. The predicted molar refractivity (Wildman–Crippen MR) is 137 cm³/mol. The van der Waals surface area contributed by atoms with E-state index in [2.05, 4.69) is 106 Å². The Morgan fingerprint density at radius 3 is 1.03 bits per heavy atom. The number of unbranched alkanes of at least 4 members (excludes halogenated alkanes) is 8. The highest BCUT2D eigenvalue weighted by Crippen LogP contribution is 2.16. The quantitative estimate of drug-likeness (QED) is 0.157. The number of aromatic nitrogens is 4. The minimum atomic E-state index is 0. The molecule has 0 unspecified atom stereocenters. The molecule has 4 nitrogen and oxygen atoms in total. The molecule has 31 heavy (non-hydrogen) atoms. The van der Waals surface area contributed by atoms with Crippen LogP contribution in [0.3, 0.4) is 0 Å². The fraction of sp³-hybridized carbons (Fsp3) is 0.739. The molecule has 0 aliphatic rings. The maximum atomic E-state index is 2.47. The lowest BCUT2D eigenvalue weighted by Gasteiger charge is -2.05. The van der Waals surface area contributed by atoms with Gasteiger partial charge in [0.15, 0.2) is 14.1 Å². The van der Waals surface area contributed by atoms with Gasteiger partial charge in [-0.2, -0.15) is 9.36 Å². The maximum Gasteiger partial charge on any atom is 0.218 e. The van der Waals surface area contributed by atoms with Crippen molar-refractivity contribution in [2.45, 2.75) is 98.6 Å². The van der Waals surface area contributed by atoms with Crippen LogP contribution in [0.4, 0.5) is 0 Å². The second kappa shape index (κ2) is 16.1. The minimum Gasteiger partial charge on any atom is -1.00 e. The first-order chi connectivity index (χ1) is 13.8. The monoisotopic (exact) mass is 880 g/mol. The molecule has 0 amide bonds. The number of halogens is 4. The van der Waals surface area contributed by atoms with Gasteiger partial charge in [0.2, 0.25) is 11.4 Å². The normalized spacial score (nSPS) is 10.8. The molecule has 180 valence electrons. The third kappa shape index (κ3) is 8.81. The summed E-state index contributed by atoms with van der Waals surface area (Å²) in [6, 6.07) is 0. The number of rotatable bonds is 12. The lowest BCUT2D eigenvalue weighted by molar-refractivity contribution is -0.759. The molecule has 0 aliphatic carbocycles. The molecule has 0 fully saturated rings. The lowest BCUT2D eigenvalue weighted by atomic mass is 10.1. The molecule has 2 rings (SSSR count). The Morgan fingerprint density at radius 1 is 0.548 bits per heavy atom. The van der Waals surface area contributed by atoms with E-state index in [-0.39, 0.29) is 48.0 Å². The van der Waals surface area contributed by atoms with Gasteiger partial charge in [-0.3, -0.25) is 0 Å². The molecule has 2 aromatic rings. The van der Waals surface area contributed by atoms with Crippen LogP contribution < -0.4 is 57.3 Å². The summed E-state index contributed by atoms with van der Waals surface area (Å²) in [5.41, 5.74) is 5.60. The molecular formula is C23H40I4N4. The highest BCUT2D eigenvalue weighted by Gasteiger charge is 2.20. The van der Waals surface area contributed by atoms with Crippen LogP contribution in [0.15, 0.2) is 0 Å². The van der Waals surface area contributed by atoms with Gasteiger partial charge in [-0.25, -0.2) is 0 Å². The van der Waals surface area contributed by atoms with Gasteiger partial charge in [-0.15, -0.1) is 9.36 Å². The molecule has 2 aromatic heterocycles. The van der Waals surface area contributed by atoms with Crippen molar-refractivity contribution in [2.24, 2.45) is 14.1 Å². The van der Waals surface area contributed by atoms with Crippen LogP contribution in [0.25, 0.3) is 0 Å². The van der Waals surface area contributed by atoms with Crippen molar-refractivity contribution in [1.29, 1.82) is 0 Å². The zero-order chi connectivity index (χ0) is 21.6. The second-order valence-corrected chi connectivity index (χ2v) is 10.6. The van der Waals surface area contributed by atoms with Crippen LogP contribution in [0.2, 0.25) is 0 Å². The van der Waals surface area contributed by atoms with Crippen molar-refractivity contribution in [3.63, 3.8) is 0 Å². The van der Waals surface area contributed by atoms with E-state index in [1.165, 1.54) is 87.7 Å². The van der Waals surface area contributed by atoms with Gasteiger partial charge in [0.1, 0.15) is 7.14 Å². The second-order valence-electron chi connectivity index (χ2n) is 8.45. The van der Waals surface area contributed by atoms with E-state index in [1.54, 1.807) is 0 Å². The predicted octanol–water partition coefficient (Wildman–Crippen LogP) is -0.399. The zero-order valence-electron chi connectivity index (χ0n) is 20.1. The van der Waals surface area contributed by atoms with Crippen LogP contribution >= 0.6 is 45.2 Å². The summed E-state index contributed by atoms with van der Waals surface area (Å²) >= 11 is 4.94. The Kier molecular flexibility index (Phi) is 16.8. The summed E-state index contributed by atoms with van der Waals surface area (Å²) < 4.78 is 12.3. The smallest absolute Gasteiger partial charge is 0.218 e. The van der Waals surface area contributed by atoms with Crippen molar-refractivity contribution in [3.8, 4) is 0 Å². The van der Waals surface area contributed by atoms with Crippen molar-refractivity contribution in [2.75, 3.05) is 0 Å². The van der Waals surface area contributed by atoms with Gasteiger partial charge in [-0.05, 0) is 71.9 Å². The molecule has 0 aromatic carbocycles. The Bertz CT molecular complexity index is 694. The van der Waals surface area contributed by atoms with Crippen molar-refractivity contribution in [3.05, 3.63) is 29.9 Å². The van der Waals surface area contributed by atoms with Gasteiger partial charge in [-0.1, -0.05) is 44.9 Å². The van der Waals surface area contributed by atoms with Crippen molar-refractivity contribution >= 4 is 45.2 Å². The summed E-state index contributed by atoms with van der Waals surface area (Å²) in [7, 11) is 4.37. The molecule has 0 saturated carbocycles. The fourth-order valence-electron chi connectivity index (χ4n) is 4.24. The largest absolute Gasteiger partial charge is 1.00 e. The number of hydrogen-bond donors (Lipinski definition) is 0. The summed E-state index contributed by atoms with van der Waals surface area (Å²) in [6.07, 6.45) is 12.3. The molecule has 0 spiro atoms. The summed E-state index contributed by atoms with van der Waals surface area (Å²) in [4.78, 5) is 0. The van der Waals surface area contributed by atoms with E-state index in [1.807, 2.05) is 0 Å². The van der Waals surface area contributed by atoms with Gasteiger partial charge in [0, 0.05) is 13.8 Å². The minimum absolute atomic E-state index is 0. The first-order valence-electron chi connectivity index (χ1n) is 11.2. The van der Waals surface area contributed by atoms with E-state index in [9.17, 15) is 0 Å². The Morgan fingerprint density at radius 2 is 0.806 bits per heavy atom. The first-order valence-corrected chi connectivity index (χ1v) is 13.4. The van der Waals surface area contributed by atoms with E-state index < -0.39 is 0 Å². The van der Waals surface area contributed by atoms with Crippen LogP contribution in [0.1, 0.15) is 80.6 Å². The summed E-state index contributed by atoms with van der Waals surface area (Å²) in [5, 5.41) is 0. The Balaban J connectivity index is 0.00000450. The summed E-state index contributed by atoms with van der Waals surface area (Å²) in [6.45, 7) is 11.2. The third-order valence-electron chi connectivity index (χ3n) is 6.48. The average molecular weight is 880 g/mol. The first kappa shape index (κ1) is 32.3. The molecule has 0 aliphatic heterocycles. The lowest BCUT2D eigenvalue weighted by Crippen LogP contribution is -3.00. The topological polar surface area (TPSA) is 17.6 Å². The van der Waals surface area contributed by atoms with Crippen LogP contribution in [-0.2, 0) is 27.2 Å². The van der Waals surface area contributed by atoms with E-state index in [0.717, 1.165) is 13.1 Å².